The highest BCUT2D eigenvalue weighted by molar-refractivity contribution is 5.90. The summed E-state index contributed by atoms with van der Waals surface area (Å²) in [7, 11) is 0. The number of carbonyl (C=O) groups is 2. The van der Waals surface area contributed by atoms with Gasteiger partial charge in [0.25, 0.3) is 0 Å². The number of aliphatic carboxylic acids is 1. The first-order valence-electron chi connectivity index (χ1n) is 4.93. The van der Waals surface area contributed by atoms with Gasteiger partial charge >= 0.3 is 12.1 Å². The van der Waals surface area contributed by atoms with Crippen LogP contribution in [0.2, 0.25) is 0 Å². The van der Waals surface area contributed by atoms with Crippen LogP contribution in [0.4, 0.5) is 13.2 Å². The zero-order valence-corrected chi connectivity index (χ0v) is 9.47. The number of alkyl halides is 3. The molecular formula is C9H15F3N2O3. The highest BCUT2D eigenvalue weighted by atomic mass is 19.4. The van der Waals surface area contributed by atoms with Gasteiger partial charge in [0, 0.05) is 0 Å². The maximum atomic E-state index is 12.4. The number of rotatable bonds is 5. The SMILES string of the molecule is CCC[C@H](NC(=O)C(C)(N)C(F)(F)F)C(=O)O. The first kappa shape index (κ1) is 15.7. The molecule has 0 aliphatic heterocycles. The molecule has 0 saturated heterocycles. The Morgan fingerprint density at radius 1 is 1.41 bits per heavy atom. The number of halogens is 3. The van der Waals surface area contributed by atoms with Gasteiger partial charge in [-0.05, 0) is 13.3 Å². The van der Waals surface area contributed by atoms with Crippen LogP contribution in [0.1, 0.15) is 26.7 Å². The number of carbonyl (C=O) groups excluding carboxylic acids is 1. The molecule has 0 rings (SSSR count). The molecule has 0 spiro atoms. The fraction of sp³-hybridized carbons (Fsp3) is 0.778. The van der Waals surface area contributed by atoms with E-state index in [1.54, 1.807) is 12.2 Å². The van der Waals surface area contributed by atoms with Gasteiger partial charge in [-0.1, -0.05) is 13.3 Å². The van der Waals surface area contributed by atoms with Crippen LogP contribution >= 0.6 is 0 Å². The third kappa shape index (κ3) is 3.88. The van der Waals surface area contributed by atoms with Crippen molar-refractivity contribution in [3.8, 4) is 0 Å². The van der Waals surface area contributed by atoms with Gasteiger partial charge in [0.2, 0.25) is 5.91 Å². The second-order valence-electron chi connectivity index (χ2n) is 3.85. The van der Waals surface area contributed by atoms with Crippen molar-refractivity contribution < 1.29 is 27.9 Å². The average molecular weight is 256 g/mol. The van der Waals surface area contributed by atoms with Crippen molar-refractivity contribution in [1.29, 1.82) is 0 Å². The molecular weight excluding hydrogens is 241 g/mol. The maximum absolute atomic E-state index is 12.4. The molecule has 1 unspecified atom stereocenters. The summed E-state index contributed by atoms with van der Waals surface area (Å²) in [5.74, 6) is -2.94. The molecule has 0 aliphatic carbocycles. The van der Waals surface area contributed by atoms with Crippen LogP contribution < -0.4 is 11.1 Å². The molecule has 17 heavy (non-hydrogen) atoms. The standard InChI is InChI=1S/C9H15F3N2O3/c1-3-4-5(6(15)16)14-7(17)8(2,13)9(10,11)12/h5H,3-4,13H2,1-2H3,(H,14,17)(H,15,16)/t5-,8?/m0/s1. The second-order valence-corrected chi connectivity index (χ2v) is 3.85. The minimum atomic E-state index is -4.94. The highest BCUT2D eigenvalue weighted by Gasteiger charge is 2.54. The quantitative estimate of drug-likeness (QED) is 0.672. The largest absolute Gasteiger partial charge is 0.480 e. The summed E-state index contributed by atoms with van der Waals surface area (Å²) in [4.78, 5) is 21.9. The third-order valence-electron chi connectivity index (χ3n) is 2.24. The summed E-state index contributed by atoms with van der Waals surface area (Å²) < 4.78 is 37.2. The summed E-state index contributed by atoms with van der Waals surface area (Å²) in [5, 5.41) is 10.5. The van der Waals surface area contributed by atoms with Gasteiger partial charge < -0.3 is 16.2 Å². The molecule has 0 aliphatic rings. The van der Waals surface area contributed by atoms with Crippen molar-refractivity contribution in [3.63, 3.8) is 0 Å². The van der Waals surface area contributed by atoms with Gasteiger partial charge in [0.1, 0.15) is 6.04 Å². The Hall–Kier alpha value is -1.31. The minimum Gasteiger partial charge on any atom is -0.480 e. The molecule has 0 bridgehead atoms. The molecule has 0 heterocycles. The lowest BCUT2D eigenvalue weighted by atomic mass is 10.0. The van der Waals surface area contributed by atoms with Gasteiger partial charge in [-0.15, -0.1) is 0 Å². The molecule has 0 aromatic carbocycles. The molecule has 4 N–H and O–H groups in total. The lowest BCUT2D eigenvalue weighted by Gasteiger charge is -2.27. The maximum Gasteiger partial charge on any atom is 0.415 e. The zero-order valence-electron chi connectivity index (χ0n) is 9.47. The molecule has 0 fully saturated rings. The van der Waals surface area contributed by atoms with E-state index in [-0.39, 0.29) is 6.42 Å². The lowest BCUT2D eigenvalue weighted by molar-refractivity contribution is -0.188. The number of carboxylic acids is 1. The zero-order chi connectivity index (χ0) is 13.9. The summed E-state index contributed by atoms with van der Waals surface area (Å²) in [6.45, 7) is 2.14. The predicted octanol–water partition coefficient (Wildman–Crippen LogP) is 0.636. The minimum absolute atomic E-state index is 0.0367. The van der Waals surface area contributed by atoms with Crippen molar-refractivity contribution in [2.45, 2.75) is 44.4 Å². The fourth-order valence-electron chi connectivity index (χ4n) is 0.983. The van der Waals surface area contributed by atoms with E-state index in [2.05, 4.69) is 0 Å². The summed E-state index contributed by atoms with van der Waals surface area (Å²) in [6.07, 6.45) is -4.49. The summed E-state index contributed by atoms with van der Waals surface area (Å²) in [5.41, 5.74) is 1.75. The molecule has 100 valence electrons. The van der Waals surface area contributed by atoms with Crippen LogP contribution in [0.5, 0.6) is 0 Å². The Labute approximate surface area is 96.2 Å². The normalized spacial score (nSPS) is 17.1. The Balaban J connectivity index is 4.78. The van der Waals surface area contributed by atoms with Crippen LogP contribution in [-0.2, 0) is 9.59 Å². The monoisotopic (exact) mass is 256 g/mol. The number of nitrogens with two attached hydrogens (primary N) is 1. The smallest absolute Gasteiger partial charge is 0.415 e. The van der Waals surface area contributed by atoms with Gasteiger partial charge in [-0.2, -0.15) is 13.2 Å². The van der Waals surface area contributed by atoms with E-state index in [1.165, 1.54) is 0 Å². The Morgan fingerprint density at radius 2 is 1.88 bits per heavy atom. The first-order chi connectivity index (χ1) is 7.54. The summed E-state index contributed by atoms with van der Waals surface area (Å²) >= 11 is 0. The summed E-state index contributed by atoms with van der Waals surface area (Å²) in [6, 6.07) is -1.36. The number of hydrogen-bond acceptors (Lipinski definition) is 3. The van der Waals surface area contributed by atoms with Gasteiger partial charge in [0.15, 0.2) is 5.54 Å². The van der Waals surface area contributed by atoms with Crippen molar-refractivity contribution in [2.24, 2.45) is 5.73 Å². The van der Waals surface area contributed by atoms with E-state index in [1.807, 2.05) is 0 Å². The van der Waals surface area contributed by atoms with Crippen LogP contribution in [0.3, 0.4) is 0 Å². The Morgan fingerprint density at radius 3 is 2.18 bits per heavy atom. The lowest BCUT2D eigenvalue weighted by Crippen LogP contribution is -2.63. The van der Waals surface area contributed by atoms with Gasteiger partial charge in [-0.25, -0.2) is 4.79 Å². The molecule has 2 atom stereocenters. The molecule has 5 nitrogen and oxygen atoms in total. The topological polar surface area (TPSA) is 92.4 Å². The van der Waals surface area contributed by atoms with Crippen molar-refractivity contribution in [1.82, 2.24) is 5.32 Å². The van der Waals surface area contributed by atoms with E-state index in [0.29, 0.717) is 13.3 Å². The van der Waals surface area contributed by atoms with Gasteiger partial charge in [0.05, 0.1) is 0 Å². The molecule has 0 saturated carbocycles. The van der Waals surface area contributed by atoms with E-state index in [4.69, 9.17) is 10.8 Å². The molecule has 1 amide bonds. The van der Waals surface area contributed by atoms with Crippen LogP contribution in [0, 0.1) is 0 Å². The van der Waals surface area contributed by atoms with Crippen molar-refractivity contribution >= 4 is 11.9 Å². The van der Waals surface area contributed by atoms with Crippen LogP contribution in [0.15, 0.2) is 0 Å². The third-order valence-corrected chi connectivity index (χ3v) is 2.24. The predicted molar refractivity (Wildman–Crippen MR) is 53.1 cm³/mol. The Bertz CT molecular complexity index is 302. The van der Waals surface area contributed by atoms with Crippen LogP contribution in [-0.4, -0.2) is 34.7 Å². The van der Waals surface area contributed by atoms with Crippen molar-refractivity contribution in [3.05, 3.63) is 0 Å². The highest BCUT2D eigenvalue weighted by Crippen LogP contribution is 2.28. The fourth-order valence-corrected chi connectivity index (χ4v) is 0.983. The molecule has 0 radical (unpaired) electrons. The molecule has 8 heteroatoms. The Kier molecular flexibility index (Phi) is 4.94. The van der Waals surface area contributed by atoms with Gasteiger partial charge in [-0.3, -0.25) is 4.79 Å². The van der Waals surface area contributed by atoms with E-state index in [9.17, 15) is 22.8 Å². The van der Waals surface area contributed by atoms with Crippen LogP contribution in [0.25, 0.3) is 0 Å². The molecule has 0 aromatic heterocycles. The second kappa shape index (κ2) is 5.35. The molecule has 0 aromatic rings. The van der Waals surface area contributed by atoms with Crippen molar-refractivity contribution in [2.75, 3.05) is 0 Å². The number of nitrogens with one attached hydrogen (secondary N) is 1. The number of carboxylic acid groups (broad SMARTS) is 1. The van der Waals surface area contributed by atoms with E-state index in [0.717, 1.165) is 0 Å². The average Bonchev–Trinajstić information content (AvgIpc) is 2.14. The number of hydrogen-bond donors (Lipinski definition) is 3. The van der Waals surface area contributed by atoms with E-state index < -0.39 is 29.6 Å². The number of amides is 1. The van der Waals surface area contributed by atoms with E-state index >= 15 is 0 Å². The first-order valence-corrected chi connectivity index (χ1v) is 4.93.